The molecule has 3 aromatic carbocycles. The highest BCUT2D eigenvalue weighted by Gasteiger charge is 2.51. The molecule has 4 unspecified atom stereocenters. The van der Waals surface area contributed by atoms with Crippen molar-refractivity contribution in [1.82, 2.24) is 10.6 Å². The highest BCUT2D eigenvalue weighted by atomic mass is 16.7. The van der Waals surface area contributed by atoms with Crippen LogP contribution in [0.25, 0.3) is 0 Å². The fraction of sp³-hybridized carbons (Fsp3) is 0.467. The Morgan fingerprint density at radius 3 is 2.32 bits per heavy atom. The van der Waals surface area contributed by atoms with Crippen LogP contribution in [0, 0.1) is 13.8 Å². The van der Waals surface area contributed by atoms with Crippen LogP contribution in [0.15, 0.2) is 30.3 Å². The number of benzene rings is 3. The van der Waals surface area contributed by atoms with Gasteiger partial charge in [0.25, 0.3) is 5.91 Å². The number of hydrogen-bond donors (Lipinski definition) is 7. The number of carbonyl (C=O) groups is 6. The van der Waals surface area contributed by atoms with Gasteiger partial charge in [0.2, 0.25) is 17.6 Å². The van der Waals surface area contributed by atoms with E-state index in [9.17, 15) is 49.2 Å². The molecule has 1 heterocycles. The van der Waals surface area contributed by atoms with Crippen molar-refractivity contribution < 1.29 is 68.1 Å². The molecule has 0 radical (unpaired) electrons. The second kappa shape index (κ2) is 17.6. The fourth-order valence-corrected chi connectivity index (χ4v) is 8.69. The summed E-state index contributed by atoms with van der Waals surface area (Å²) < 4.78 is 23.2. The molecule has 62 heavy (non-hydrogen) atoms. The number of fused-ring (bicyclic) bond motifs is 3. The second-order valence-corrected chi connectivity index (χ2v) is 16.8. The van der Waals surface area contributed by atoms with Crippen LogP contribution in [-0.4, -0.2) is 99.5 Å². The molecule has 1 saturated heterocycles. The Hall–Kier alpha value is -5.72. The Balaban J connectivity index is 1.32. The third-order valence-electron chi connectivity index (χ3n) is 11.8. The summed E-state index contributed by atoms with van der Waals surface area (Å²) in [7, 11) is 1.31. The second-order valence-electron chi connectivity index (χ2n) is 16.8. The van der Waals surface area contributed by atoms with Crippen molar-refractivity contribution in [2.45, 2.75) is 122 Å². The summed E-state index contributed by atoms with van der Waals surface area (Å²) in [4.78, 5) is 80.6. The first-order valence-corrected chi connectivity index (χ1v) is 20.4. The first kappa shape index (κ1) is 45.8. The van der Waals surface area contributed by atoms with Crippen LogP contribution in [0.4, 0.5) is 0 Å². The minimum Gasteiger partial charge on any atom is -0.507 e. The molecule has 1 fully saturated rings. The molecule has 0 bridgehead atoms. The molecule has 0 aromatic heterocycles. The van der Waals surface area contributed by atoms with Crippen LogP contribution >= 0.6 is 0 Å². The normalized spacial score (nSPS) is 23.1. The molecule has 6 atom stereocenters. The van der Waals surface area contributed by atoms with E-state index in [-0.39, 0.29) is 71.9 Å². The number of esters is 1. The maximum atomic E-state index is 14.2. The van der Waals surface area contributed by atoms with Gasteiger partial charge < -0.3 is 50.4 Å². The van der Waals surface area contributed by atoms with Gasteiger partial charge in [-0.1, -0.05) is 45.0 Å². The number of aromatic hydroxyl groups is 2. The Bertz CT molecular complexity index is 2350. The number of aliphatic hydroxyl groups excluding tert-OH is 1. The highest BCUT2D eigenvalue weighted by molar-refractivity contribution is 6.31. The lowest BCUT2D eigenvalue weighted by molar-refractivity contribution is -0.247. The number of phenolic OH excluding ortho intramolecular Hbond substituents is 2. The SMILES string of the molecule is CCC(=O)NCCC(=O)Oc1c(C)ccc(C)c1C(C)(C)CC(=O)NC(=O)[C@]1(O)Cc2c(O)c3c(c(O)c2[C@@H](OC2CC(N)C(O)C(C)O2)C1)C(=O)c1c(OC)cccc1C3=O. The quantitative estimate of drug-likeness (QED) is 0.0613. The van der Waals surface area contributed by atoms with Gasteiger partial charge in [-0.15, -0.1) is 0 Å². The molecule has 17 heteroatoms. The van der Waals surface area contributed by atoms with Crippen molar-refractivity contribution in [3.63, 3.8) is 0 Å². The van der Waals surface area contributed by atoms with Gasteiger partial charge in [0, 0.05) is 72.4 Å². The Kier molecular flexibility index (Phi) is 13.0. The molecule has 3 aromatic rings. The predicted molar refractivity (Wildman–Crippen MR) is 220 cm³/mol. The summed E-state index contributed by atoms with van der Waals surface area (Å²) in [5.74, 6) is -5.77. The number of amides is 3. The van der Waals surface area contributed by atoms with Crippen LogP contribution in [0.1, 0.15) is 126 Å². The topological polar surface area (TPSA) is 270 Å². The third kappa shape index (κ3) is 8.55. The van der Waals surface area contributed by atoms with Gasteiger partial charge in [-0.25, -0.2) is 0 Å². The number of methoxy groups -OCH3 is 1. The van der Waals surface area contributed by atoms with Crippen molar-refractivity contribution in [3.05, 3.63) is 80.4 Å². The molecule has 3 aliphatic rings. The molecule has 0 spiro atoms. The number of ketones is 2. The van der Waals surface area contributed by atoms with E-state index in [1.165, 1.54) is 25.3 Å². The average Bonchev–Trinajstić information content (AvgIpc) is 3.20. The maximum Gasteiger partial charge on any atom is 0.312 e. The minimum atomic E-state index is -2.53. The van der Waals surface area contributed by atoms with Crippen LogP contribution in [0.5, 0.6) is 23.0 Å². The van der Waals surface area contributed by atoms with E-state index in [0.29, 0.717) is 16.7 Å². The summed E-state index contributed by atoms with van der Waals surface area (Å²) >= 11 is 0. The van der Waals surface area contributed by atoms with E-state index < -0.39 is 106 Å². The van der Waals surface area contributed by atoms with E-state index in [0.717, 1.165) is 0 Å². The summed E-state index contributed by atoms with van der Waals surface area (Å²) in [6, 6.07) is 7.04. The number of aliphatic hydroxyl groups is 2. The number of rotatable bonds is 12. The number of carbonyl (C=O) groups excluding carboxylic acids is 6. The summed E-state index contributed by atoms with van der Waals surface area (Å²) in [5, 5.41) is 51.3. The van der Waals surface area contributed by atoms with Crippen LogP contribution in [0.3, 0.4) is 0 Å². The number of nitrogens with one attached hydrogen (secondary N) is 2. The zero-order chi connectivity index (χ0) is 45.6. The molecule has 332 valence electrons. The number of phenols is 2. The van der Waals surface area contributed by atoms with Gasteiger partial charge in [0.1, 0.15) is 23.0 Å². The van der Waals surface area contributed by atoms with E-state index in [4.69, 9.17) is 24.7 Å². The molecule has 0 saturated carbocycles. The molecule has 1 aliphatic heterocycles. The smallest absolute Gasteiger partial charge is 0.312 e. The molecule has 6 rings (SSSR count). The van der Waals surface area contributed by atoms with Gasteiger partial charge in [-0.2, -0.15) is 0 Å². The van der Waals surface area contributed by atoms with Crippen molar-refractivity contribution in [1.29, 1.82) is 0 Å². The lowest BCUT2D eigenvalue weighted by Crippen LogP contribution is -2.55. The van der Waals surface area contributed by atoms with Crippen molar-refractivity contribution in [2.75, 3.05) is 13.7 Å². The Labute approximate surface area is 357 Å². The largest absolute Gasteiger partial charge is 0.507 e. The number of imide groups is 1. The minimum absolute atomic E-state index is 0.0517. The number of nitrogens with two attached hydrogens (primary N) is 1. The van der Waals surface area contributed by atoms with Gasteiger partial charge >= 0.3 is 5.97 Å². The van der Waals surface area contributed by atoms with E-state index in [2.05, 4.69) is 10.6 Å². The Morgan fingerprint density at radius 2 is 1.66 bits per heavy atom. The predicted octanol–water partition coefficient (Wildman–Crippen LogP) is 2.89. The number of aryl methyl sites for hydroxylation is 2. The van der Waals surface area contributed by atoms with Crippen LogP contribution in [-0.2, 0) is 40.5 Å². The van der Waals surface area contributed by atoms with Crippen LogP contribution < -0.4 is 25.8 Å². The molecule has 2 aliphatic carbocycles. The lowest BCUT2D eigenvalue weighted by atomic mass is 9.72. The van der Waals surface area contributed by atoms with Crippen molar-refractivity contribution in [3.8, 4) is 23.0 Å². The van der Waals surface area contributed by atoms with Crippen molar-refractivity contribution >= 4 is 35.3 Å². The first-order valence-electron chi connectivity index (χ1n) is 20.4. The van der Waals surface area contributed by atoms with Crippen molar-refractivity contribution in [2.24, 2.45) is 5.73 Å². The zero-order valence-corrected chi connectivity index (χ0v) is 35.7. The maximum absolute atomic E-state index is 14.2. The van der Waals surface area contributed by atoms with E-state index in [1.807, 2.05) is 0 Å². The highest BCUT2D eigenvalue weighted by Crippen LogP contribution is 2.52. The number of ether oxygens (including phenoxy) is 4. The molecular weight excluding hydrogens is 807 g/mol. The standard InChI is InChI=1S/C45H53N3O14/c1-8-28(49)47-15-14-30(51)62-42-21(3)13-12-20(2)36(42)44(5,6)19-29(50)48-43(57)45(58)17-24-33(27(18-45)61-31-16-25(46)37(52)22(4)60-31)41(56)35-34(39(24)54)38(53)23-10-9-11-26(59-7)32(23)40(35)55/h9-13,22,25,27,31,37,52,54,56,58H,8,14-19,46H2,1-7H3,(H,47,49)(H,48,50,57)/t22?,25?,27-,31?,37?,45-/m0/s1. The Morgan fingerprint density at radius 1 is 0.984 bits per heavy atom. The summed E-state index contributed by atoms with van der Waals surface area (Å²) in [6.45, 7) is 10.3. The molecule has 8 N–H and O–H groups in total. The lowest BCUT2D eigenvalue weighted by Gasteiger charge is -2.42. The van der Waals surface area contributed by atoms with Gasteiger partial charge in [-0.3, -0.25) is 34.1 Å². The average molecular weight is 860 g/mol. The molecule has 3 amide bonds. The van der Waals surface area contributed by atoms with E-state index in [1.54, 1.807) is 53.7 Å². The third-order valence-corrected chi connectivity index (χ3v) is 11.8. The fourth-order valence-electron chi connectivity index (χ4n) is 8.69. The summed E-state index contributed by atoms with van der Waals surface area (Å²) in [6.07, 6.45) is -6.21. The zero-order valence-electron chi connectivity index (χ0n) is 35.7. The van der Waals surface area contributed by atoms with Gasteiger partial charge in [-0.05, 0) is 38.0 Å². The monoisotopic (exact) mass is 859 g/mol. The first-order chi connectivity index (χ1) is 29.1. The molecular formula is C45H53N3O14. The number of hydrogen-bond acceptors (Lipinski definition) is 15. The summed E-state index contributed by atoms with van der Waals surface area (Å²) in [5.41, 5.74) is 2.51. The van der Waals surface area contributed by atoms with Gasteiger partial charge in [0.05, 0.1) is 48.5 Å². The molecule has 17 nitrogen and oxygen atoms in total. The van der Waals surface area contributed by atoms with Crippen LogP contribution in [0.2, 0.25) is 0 Å². The van der Waals surface area contributed by atoms with Gasteiger partial charge in [0.15, 0.2) is 17.7 Å². The van der Waals surface area contributed by atoms with E-state index >= 15 is 0 Å².